The Morgan fingerprint density at radius 1 is 1.13 bits per heavy atom. The van der Waals surface area contributed by atoms with Crippen molar-refractivity contribution in [1.82, 2.24) is 5.32 Å². The van der Waals surface area contributed by atoms with Gasteiger partial charge in [0.25, 0.3) is 5.91 Å². The Balaban J connectivity index is 1.54. The highest BCUT2D eigenvalue weighted by molar-refractivity contribution is 7.92. The summed E-state index contributed by atoms with van der Waals surface area (Å²) in [4.78, 5) is 24.3. The topological polar surface area (TPSA) is 139 Å². The lowest BCUT2D eigenvalue weighted by atomic mass is 9.74. The first-order chi connectivity index (χ1) is 17.7. The number of carbonyl (C=O) groups excluding carboxylic acids is 2. The van der Waals surface area contributed by atoms with E-state index in [2.05, 4.69) is 10.6 Å². The molecule has 2 saturated carbocycles. The van der Waals surface area contributed by atoms with Crippen LogP contribution in [-0.2, 0) is 14.6 Å². The van der Waals surface area contributed by atoms with Gasteiger partial charge >= 0.3 is 0 Å². The molecule has 0 aliphatic heterocycles. The normalized spacial score (nSPS) is 25.6. The first-order valence-electron chi connectivity index (χ1n) is 12.0. The number of hydrogen-bond donors (Lipinski definition) is 4. The third-order valence-corrected chi connectivity index (χ3v) is 10.2. The second-order valence-electron chi connectivity index (χ2n) is 9.96. The van der Waals surface area contributed by atoms with Crippen LogP contribution in [0, 0.1) is 29.3 Å². The number of aliphatic hydroxyl groups is 1. The van der Waals surface area contributed by atoms with Gasteiger partial charge in [0.05, 0.1) is 26.8 Å². The first-order valence-corrected chi connectivity index (χ1v) is 13.9. The van der Waals surface area contributed by atoms with Crippen molar-refractivity contribution in [3.63, 3.8) is 0 Å². The molecule has 13 heteroatoms. The molecular weight excluding hydrogens is 547 g/mol. The second kappa shape index (κ2) is 10.5. The Bertz CT molecular complexity index is 1350. The van der Waals surface area contributed by atoms with Crippen molar-refractivity contribution in [2.24, 2.45) is 17.6 Å². The summed E-state index contributed by atoms with van der Waals surface area (Å²) in [5.41, 5.74) is 3.81. The molecule has 2 aliphatic rings. The molecular formula is C25H27ClF3N3O5S. The van der Waals surface area contributed by atoms with Crippen LogP contribution in [0.15, 0.2) is 35.2 Å². The number of anilines is 1. The molecule has 2 aromatic rings. The van der Waals surface area contributed by atoms with E-state index in [9.17, 15) is 36.3 Å². The molecule has 5 atom stereocenters. The van der Waals surface area contributed by atoms with Crippen molar-refractivity contribution in [2.45, 2.75) is 54.4 Å². The number of nitrogens with one attached hydrogen (secondary N) is 2. The monoisotopic (exact) mass is 573 g/mol. The van der Waals surface area contributed by atoms with E-state index in [1.165, 1.54) is 19.1 Å². The van der Waals surface area contributed by atoms with E-state index in [1.54, 1.807) is 0 Å². The molecule has 206 valence electrons. The minimum atomic E-state index is -4.06. The Labute approximate surface area is 222 Å². The summed E-state index contributed by atoms with van der Waals surface area (Å²) >= 11 is 6.22. The highest BCUT2D eigenvalue weighted by atomic mass is 35.5. The lowest BCUT2D eigenvalue weighted by Crippen LogP contribution is -2.56. The summed E-state index contributed by atoms with van der Waals surface area (Å²) in [6.45, 7) is 1.49. The van der Waals surface area contributed by atoms with Crippen molar-refractivity contribution >= 4 is 38.9 Å². The van der Waals surface area contributed by atoms with Crippen LogP contribution in [0.2, 0.25) is 5.02 Å². The lowest BCUT2D eigenvalue weighted by molar-refractivity contribution is -0.125. The summed E-state index contributed by atoms with van der Waals surface area (Å²) in [5.74, 6) is -6.75. The standard InChI is InChI=1S/C25H27ClF3N3O5S/c1-12(30)23(33)31-11-25(35)14-3-4-15(25)8-17(7-14)38(36,37)21-6-13(2-5-18(21)26)24(34)32-16-9-19(27)22(29)20(28)10-16/h2,5-6,9-10,12,14-15,17,35H,3-4,7-8,11,30H2,1H3,(H,31,33)(H,32,34)/t12-,14-,15?,17-,25-/m0/s1. The first kappa shape index (κ1) is 28.3. The van der Waals surface area contributed by atoms with Crippen molar-refractivity contribution in [3.8, 4) is 0 Å². The van der Waals surface area contributed by atoms with Crippen LogP contribution in [0.25, 0.3) is 0 Å². The quantitative estimate of drug-likeness (QED) is 0.375. The van der Waals surface area contributed by atoms with E-state index < -0.39 is 56.0 Å². The van der Waals surface area contributed by atoms with Gasteiger partial charge in [-0.2, -0.15) is 0 Å². The molecule has 4 rings (SSSR count). The van der Waals surface area contributed by atoms with Crippen molar-refractivity contribution in [1.29, 1.82) is 0 Å². The molecule has 2 amide bonds. The smallest absolute Gasteiger partial charge is 0.255 e. The molecule has 0 spiro atoms. The van der Waals surface area contributed by atoms with Gasteiger partial charge in [0.15, 0.2) is 27.3 Å². The predicted molar refractivity (Wildman–Crippen MR) is 134 cm³/mol. The number of benzene rings is 2. The van der Waals surface area contributed by atoms with E-state index >= 15 is 0 Å². The predicted octanol–water partition coefficient (Wildman–Crippen LogP) is 3.17. The van der Waals surface area contributed by atoms with Crippen LogP contribution in [0.5, 0.6) is 0 Å². The van der Waals surface area contributed by atoms with E-state index in [4.69, 9.17) is 17.3 Å². The van der Waals surface area contributed by atoms with Crippen molar-refractivity contribution in [2.75, 3.05) is 11.9 Å². The summed E-state index contributed by atoms with van der Waals surface area (Å²) in [6, 6.07) is 4.00. The Hall–Kier alpha value is -2.67. The second-order valence-corrected chi connectivity index (χ2v) is 12.6. The number of halogens is 4. The highest BCUT2D eigenvalue weighted by Crippen LogP contribution is 2.52. The molecule has 0 saturated heterocycles. The van der Waals surface area contributed by atoms with Crippen LogP contribution >= 0.6 is 11.6 Å². The summed E-state index contributed by atoms with van der Waals surface area (Å²) in [6.07, 6.45) is 1.43. The Morgan fingerprint density at radius 3 is 2.26 bits per heavy atom. The van der Waals surface area contributed by atoms with Crippen LogP contribution in [0.3, 0.4) is 0 Å². The van der Waals surface area contributed by atoms with Gasteiger partial charge in [-0.05, 0) is 62.6 Å². The molecule has 2 aliphatic carbocycles. The van der Waals surface area contributed by atoms with E-state index in [0.29, 0.717) is 25.0 Å². The van der Waals surface area contributed by atoms with Crippen LogP contribution in [0.4, 0.5) is 18.9 Å². The zero-order valence-electron chi connectivity index (χ0n) is 20.3. The van der Waals surface area contributed by atoms with Gasteiger partial charge in [0, 0.05) is 29.9 Å². The molecule has 2 fully saturated rings. The Morgan fingerprint density at radius 2 is 1.71 bits per heavy atom. The average molecular weight is 574 g/mol. The molecule has 2 bridgehead atoms. The van der Waals surface area contributed by atoms with E-state index in [1.807, 2.05) is 0 Å². The zero-order chi connectivity index (χ0) is 28.0. The minimum Gasteiger partial charge on any atom is -0.387 e. The number of nitrogens with two attached hydrogens (primary N) is 1. The van der Waals surface area contributed by atoms with Gasteiger partial charge < -0.3 is 21.5 Å². The SMILES string of the molecule is C[C@H](N)C(=O)NC[C@@]1(O)C2CC[C@H]1C[C@H](S(=O)(=O)c1cc(C(=O)Nc3cc(F)c(F)c(F)c3)ccc1Cl)C2. The fourth-order valence-electron chi connectivity index (χ4n) is 5.42. The summed E-state index contributed by atoms with van der Waals surface area (Å²) in [7, 11) is -4.06. The third-order valence-electron chi connectivity index (χ3n) is 7.51. The zero-order valence-corrected chi connectivity index (χ0v) is 21.9. The minimum absolute atomic E-state index is 0.0313. The maximum absolute atomic E-state index is 13.6. The summed E-state index contributed by atoms with van der Waals surface area (Å²) < 4.78 is 67.5. The van der Waals surface area contributed by atoms with Crippen LogP contribution in [-0.4, -0.2) is 48.8 Å². The fraction of sp³-hybridized carbons (Fsp3) is 0.440. The number of fused-ring (bicyclic) bond motifs is 2. The maximum Gasteiger partial charge on any atom is 0.255 e. The molecule has 0 heterocycles. The number of hydrogen-bond acceptors (Lipinski definition) is 6. The van der Waals surface area contributed by atoms with Crippen LogP contribution in [0.1, 0.15) is 43.0 Å². The fourth-order valence-corrected chi connectivity index (χ4v) is 7.82. The van der Waals surface area contributed by atoms with Gasteiger partial charge in [0.1, 0.15) is 0 Å². The van der Waals surface area contributed by atoms with Crippen molar-refractivity contribution in [3.05, 3.63) is 58.4 Å². The van der Waals surface area contributed by atoms with Gasteiger partial charge in [-0.15, -0.1) is 0 Å². The molecule has 2 aromatic carbocycles. The molecule has 1 unspecified atom stereocenters. The number of amides is 2. The van der Waals surface area contributed by atoms with Gasteiger partial charge in [-0.25, -0.2) is 21.6 Å². The third kappa shape index (κ3) is 5.27. The average Bonchev–Trinajstić information content (AvgIpc) is 3.01. The van der Waals surface area contributed by atoms with Gasteiger partial charge in [-0.3, -0.25) is 9.59 Å². The Kier molecular flexibility index (Phi) is 7.81. The van der Waals surface area contributed by atoms with Crippen molar-refractivity contribution < 1.29 is 36.3 Å². The number of carbonyl (C=O) groups is 2. The summed E-state index contributed by atoms with van der Waals surface area (Å²) in [5, 5.41) is 15.2. The molecule has 38 heavy (non-hydrogen) atoms. The van der Waals surface area contributed by atoms with E-state index in [-0.39, 0.29) is 52.4 Å². The lowest BCUT2D eigenvalue weighted by Gasteiger charge is -2.42. The number of sulfone groups is 1. The highest BCUT2D eigenvalue weighted by Gasteiger charge is 2.55. The van der Waals surface area contributed by atoms with Gasteiger partial charge in [0.2, 0.25) is 5.91 Å². The maximum atomic E-state index is 13.6. The number of rotatable bonds is 7. The molecule has 0 aromatic heterocycles. The van der Waals surface area contributed by atoms with Crippen LogP contribution < -0.4 is 16.4 Å². The largest absolute Gasteiger partial charge is 0.387 e. The molecule has 8 nitrogen and oxygen atoms in total. The van der Waals surface area contributed by atoms with E-state index in [0.717, 1.165) is 6.07 Å². The molecule has 5 N–H and O–H groups in total. The molecule has 0 radical (unpaired) electrons. The van der Waals surface area contributed by atoms with Gasteiger partial charge in [-0.1, -0.05) is 11.6 Å².